The number of amides is 1. The first-order chi connectivity index (χ1) is 12.9. The Morgan fingerprint density at radius 2 is 2.04 bits per heavy atom. The van der Waals surface area contributed by atoms with Gasteiger partial charge in [0.2, 0.25) is 11.8 Å². The highest BCUT2D eigenvalue weighted by Crippen LogP contribution is 2.29. The van der Waals surface area contributed by atoms with Crippen molar-refractivity contribution in [2.45, 2.75) is 26.1 Å². The van der Waals surface area contributed by atoms with E-state index in [1.54, 1.807) is 12.1 Å². The van der Waals surface area contributed by atoms with Crippen molar-refractivity contribution in [2.24, 2.45) is 0 Å². The number of hydrogen-bond acceptors (Lipinski definition) is 5. The van der Waals surface area contributed by atoms with E-state index in [1.807, 2.05) is 6.92 Å². The maximum Gasteiger partial charge on any atom is 0.416 e. The van der Waals surface area contributed by atoms with E-state index >= 15 is 0 Å². The number of alkyl halides is 3. The number of ether oxygens (including phenoxy) is 1. The standard InChI is InChI=1S/C17H16F3N5O2/c1-2-27-16-7-6-13-22-23-14(25(13)24-16)10-21-15(26)9-11-4-3-5-12(8-11)17(18,19)20/h3-8H,2,9-10H2,1H3,(H,21,26). The number of fused-ring (bicyclic) bond motifs is 1. The fourth-order valence-electron chi connectivity index (χ4n) is 2.43. The maximum atomic E-state index is 12.7. The molecule has 1 amide bonds. The van der Waals surface area contributed by atoms with Crippen LogP contribution in [0.5, 0.6) is 5.88 Å². The summed E-state index contributed by atoms with van der Waals surface area (Å²) in [6.07, 6.45) is -4.63. The summed E-state index contributed by atoms with van der Waals surface area (Å²) in [6, 6.07) is 8.00. The molecule has 1 aromatic carbocycles. The minimum atomic E-state index is -4.45. The van der Waals surface area contributed by atoms with Crippen LogP contribution >= 0.6 is 0 Å². The number of nitrogens with one attached hydrogen (secondary N) is 1. The van der Waals surface area contributed by atoms with E-state index in [0.717, 1.165) is 12.1 Å². The predicted octanol–water partition coefficient (Wildman–Crippen LogP) is 2.40. The molecule has 0 unspecified atom stereocenters. The molecule has 0 radical (unpaired) electrons. The average molecular weight is 379 g/mol. The normalized spacial score (nSPS) is 11.6. The van der Waals surface area contributed by atoms with Crippen molar-refractivity contribution >= 4 is 11.6 Å². The summed E-state index contributed by atoms with van der Waals surface area (Å²) >= 11 is 0. The number of aromatic nitrogens is 4. The fraction of sp³-hybridized carbons (Fsp3) is 0.294. The highest BCUT2D eigenvalue weighted by atomic mass is 19.4. The SMILES string of the molecule is CCOc1ccc2nnc(CNC(=O)Cc3cccc(C(F)(F)F)c3)n2n1. The van der Waals surface area contributed by atoms with Gasteiger partial charge in [0.25, 0.3) is 0 Å². The lowest BCUT2D eigenvalue weighted by Crippen LogP contribution is -2.26. The predicted molar refractivity (Wildman–Crippen MR) is 88.9 cm³/mol. The Labute approximate surface area is 152 Å². The topological polar surface area (TPSA) is 81.4 Å². The van der Waals surface area contributed by atoms with E-state index < -0.39 is 17.6 Å². The average Bonchev–Trinajstić information content (AvgIpc) is 3.02. The lowest BCUT2D eigenvalue weighted by molar-refractivity contribution is -0.137. The molecule has 0 aliphatic rings. The Balaban J connectivity index is 1.66. The first-order valence-electron chi connectivity index (χ1n) is 8.14. The number of carbonyl (C=O) groups is 1. The Kier molecular flexibility index (Phi) is 5.24. The first kappa shape index (κ1) is 18.6. The Morgan fingerprint density at radius 3 is 2.78 bits per heavy atom. The summed E-state index contributed by atoms with van der Waals surface area (Å²) in [5.74, 6) is 0.331. The van der Waals surface area contributed by atoms with E-state index in [2.05, 4.69) is 20.6 Å². The van der Waals surface area contributed by atoms with Gasteiger partial charge in [-0.1, -0.05) is 18.2 Å². The molecule has 142 valence electrons. The molecule has 7 nitrogen and oxygen atoms in total. The second-order valence-electron chi connectivity index (χ2n) is 5.64. The van der Waals surface area contributed by atoms with Gasteiger partial charge in [0.15, 0.2) is 11.5 Å². The number of nitrogens with zero attached hydrogens (tertiary/aromatic N) is 4. The molecule has 27 heavy (non-hydrogen) atoms. The molecule has 10 heteroatoms. The molecule has 0 fully saturated rings. The Hall–Kier alpha value is -3.17. The van der Waals surface area contributed by atoms with Gasteiger partial charge in [-0.05, 0) is 24.6 Å². The number of carbonyl (C=O) groups excluding carboxylic acids is 1. The third-order valence-corrected chi connectivity index (χ3v) is 3.66. The van der Waals surface area contributed by atoms with Gasteiger partial charge in [0, 0.05) is 6.07 Å². The zero-order valence-electron chi connectivity index (χ0n) is 14.3. The van der Waals surface area contributed by atoms with Crippen LogP contribution < -0.4 is 10.1 Å². The van der Waals surface area contributed by atoms with Crippen LogP contribution in [-0.2, 0) is 23.9 Å². The summed E-state index contributed by atoms with van der Waals surface area (Å²) in [7, 11) is 0. The molecule has 1 N–H and O–H groups in total. The molecule has 0 bridgehead atoms. The van der Waals surface area contributed by atoms with Crippen LogP contribution in [0, 0.1) is 0 Å². The van der Waals surface area contributed by atoms with Gasteiger partial charge in [0.05, 0.1) is 25.1 Å². The van der Waals surface area contributed by atoms with Gasteiger partial charge in [-0.2, -0.15) is 17.7 Å². The van der Waals surface area contributed by atoms with E-state index in [4.69, 9.17) is 4.74 Å². The lowest BCUT2D eigenvalue weighted by Gasteiger charge is -2.09. The number of hydrogen-bond donors (Lipinski definition) is 1. The van der Waals surface area contributed by atoms with Crippen molar-refractivity contribution in [3.05, 3.63) is 53.3 Å². The highest BCUT2D eigenvalue weighted by molar-refractivity contribution is 5.78. The summed E-state index contributed by atoms with van der Waals surface area (Å²) in [5, 5.41) is 14.7. The van der Waals surface area contributed by atoms with Crippen molar-refractivity contribution in [1.29, 1.82) is 0 Å². The van der Waals surface area contributed by atoms with Crippen molar-refractivity contribution in [3.8, 4) is 5.88 Å². The van der Waals surface area contributed by atoms with Crippen LogP contribution in [0.3, 0.4) is 0 Å². The smallest absolute Gasteiger partial charge is 0.416 e. The van der Waals surface area contributed by atoms with Gasteiger partial charge in [-0.25, -0.2) is 0 Å². The quantitative estimate of drug-likeness (QED) is 0.711. The Morgan fingerprint density at radius 1 is 1.22 bits per heavy atom. The zero-order chi connectivity index (χ0) is 19.4. The third kappa shape index (κ3) is 4.52. The van der Waals surface area contributed by atoms with E-state index in [9.17, 15) is 18.0 Å². The second-order valence-corrected chi connectivity index (χ2v) is 5.64. The summed E-state index contributed by atoms with van der Waals surface area (Å²) < 4.78 is 45.0. The summed E-state index contributed by atoms with van der Waals surface area (Å²) in [4.78, 5) is 12.1. The monoisotopic (exact) mass is 379 g/mol. The molecule has 0 saturated carbocycles. The van der Waals surface area contributed by atoms with Crippen LogP contribution in [0.25, 0.3) is 5.65 Å². The van der Waals surface area contributed by atoms with E-state index in [-0.39, 0.29) is 18.5 Å². The minimum Gasteiger partial charge on any atom is -0.477 e. The van der Waals surface area contributed by atoms with Crippen LogP contribution in [0.2, 0.25) is 0 Å². The molecule has 2 heterocycles. The maximum absolute atomic E-state index is 12.7. The van der Waals surface area contributed by atoms with Crippen LogP contribution in [0.4, 0.5) is 13.2 Å². The molecular weight excluding hydrogens is 363 g/mol. The first-order valence-corrected chi connectivity index (χ1v) is 8.14. The van der Waals surface area contributed by atoms with Crippen molar-refractivity contribution in [3.63, 3.8) is 0 Å². The summed E-state index contributed by atoms with van der Waals surface area (Å²) in [5.41, 5.74) is -0.0327. The number of rotatable bonds is 6. The second kappa shape index (κ2) is 7.60. The molecule has 3 aromatic rings. The molecule has 0 spiro atoms. The number of halogens is 3. The summed E-state index contributed by atoms with van der Waals surface area (Å²) in [6.45, 7) is 2.30. The molecule has 0 aliphatic carbocycles. The van der Waals surface area contributed by atoms with Gasteiger partial charge in [0.1, 0.15) is 0 Å². The minimum absolute atomic E-state index is 0.0293. The Bertz CT molecular complexity index is 955. The van der Waals surface area contributed by atoms with E-state index in [1.165, 1.54) is 16.6 Å². The van der Waals surface area contributed by atoms with Gasteiger partial charge < -0.3 is 10.1 Å². The van der Waals surface area contributed by atoms with Crippen molar-refractivity contribution in [2.75, 3.05) is 6.61 Å². The number of benzene rings is 1. The molecule has 0 aliphatic heterocycles. The highest BCUT2D eigenvalue weighted by Gasteiger charge is 2.30. The van der Waals surface area contributed by atoms with Crippen LogP contribution in [-0.4, -0.2) is 32.3 Å². The fourth-order valence-corrected chi connectivity index (χ4v) is 2.43. The molecule has 3 rings (SSSR count). The van der Waals surface area contributed by atoms with Crippen molar-refractivity contribution in [1.82, 2.24) is 25.1 Å². The van der Waals surface area contributed by atoms with E-state index in [0.29, 0.717) is 24.0 Å². The van der Waals surface area contributed by atoms with Gasteiger partial charge in [-0.3, -0.25) is 4.79 Å². The van der Waals surface area contributed by atoms with Gasteiger partial charge in [-0.15, -0.1) is 15.3 Å². The lowest BCUT2D eigenvalue weighted by atomic mass is 10.1. The van der Waals surface area contributed by atoms with Gasteiger partial charge >= 0.3 is 6.18 Å². The third-order valence-electron chi connectivity index (χ3n) is 3.66. The largest absolute Gasteiger partial charge is 0.477 e. The molecule has 0 saturated heterocycles. The zero-order valence-corrected chi connectivity index (χ0v) is 14.3. The molecule has 2 aromatic heterocycles. The molecule has 0 atom stereocenters. The van der Waals surface area contributed by atoms with Crippen molar-refractivity contribution < 1.29 is 22.7 Å². The molecular formula is C17H16F3N5O2. The van der Waals surface area contributed by atoms with Crippen LogP contribution in [0.1, 0.15) is 23.9 Å². The van der Waals surface area contributed by atoms with Crippen LogP contribution in [0.15, 0.2) is 36.4 Å².